The highest BCUT2D eigenvalue weighted by atomic mass is 19.4. The number of carbonyl (C=O) groups is 1. The van der Waals surface area contributed by atoms with Crippen LogP contribution in [-0.4, -0.2) is 18.7 Å². The summed E-state index contributed by atoms with van der Waals surface area (Å²) in [7, 11) is 0. The van der Waals surface area contributed by atoms with Gasteiger partial charge in [-0.2, -0.15) is 39.5 Å². The van der Waals surface area contributed by atoms with Gasteiger partial charge in [-0.25, -0.2) is 4.79 Å². The van der Waals surface area contributed by atoms with Gasteiger partial charge in [-0.3, -0.25) is 4.90 Å². The Bertz CT molecular complexity index is 1110. The van der Waals surface area contributed by atoms with Crippen LogP contribution in [0.25, 0.3) is 0 Å². The predicted molar refractivity (Wildman–Crippen MR) is 116 cm³/mol. The molecule has 0 saturated heterocycles. The standard InChI is InChI=1S/C24H23F9N2O2/c1-3-16-11-18(20(34)12-7-14(23(28,29)30)9-15(8-12)24(31,32)33)17-10-13(22(25,26)27)5-6-19(17)35(16)21(36)37-4-2/h5-10,16,18,20H,3-4,11,34H2,1-2H3/t16-,18-,20-/m1/s1. The number of ether oxygens (including phenoxy) is 1. The third-order valence-corrected chi connectivity index (χ3v) is 6.27. The molecule has 1 amide bonds. The van der Waals surface area contributed by atoms with E-state index in [9.17, 15) is 44.3 Å². The third-order valence-electron chi connectivity index (χ3n) is 6.27. The van der Waals surface area contributed by atoms with E-state index in [1.807, 2.05) is 0 Å². The number of amides is 1. The maximum absolute atomic E-state index is 13.5. The molecule has 1 heterocycles. The smallest absolute Gasteiger partial charge is 0.416 e. The van der Waals surface area contributed by atoms with E-state index in [0.29, 0.717) is 12.1 Å². The van der Waals surface area contributed by atoms with Crippen LogP contribution in [0.4, 0.5) is 50.0 Å². The van der Waals surface area contributed by atoms with Crippen molar-refractivity contribution in [2.45, 2.75) is 63.2 Å². The molecule has 204 valence electrons. The molecule has 2 aromatic carbocycles. The fourth-order valence-corrected chi connectivity index (χ4v) is 4.50. The summed E-state index contributed by atoms with van der Waals surface area (Å²) < 4.78 is 126. The van der Waals surface area contributed by atoms with Crippen LogP contribution < -0.4 is 10.6 Å². The molecule has 2 aromatic rings. The van der Waals surface area contributed by atoms with Crippen LogP contribution in [0.3, 0.4) is 0 Å². The number of hydrogen-bond acceptors (Lipinski definition) is 3. The zero-order valence-electron chi connectivity index (χ0n) is 19.6. The predicted octanol–water partition coefficient (Wildman–Crippen LogP) is 7.67. The summed E-state index contributed by atoms with van der Waals surface area (Å²) in [6, 6.07) is 1.12. The molecule has 0 saturated carbocycles. The van der Waals surface area contributed by atoms with Crippen molar-refractivity contribution in [2.75, 3.05) is 11.5 Å². The zero-order valence-corrected chi connectivity index (χ0v) is 19.6. The molecule has 1 aliphatic rings. The Morgan fingerprint density at radius 3 is 1.92 bits per heavy atom. The molecule has 1 aliphatic heterocycles. The van der Waals surface area contributed by atoms with Crippen molar-refractivity contribution in [3.8, 4) is 0 Å². The summed E-state index contributed by atoms with van der Waals surface area (Å²) in [6.07, 6.45) is -15.8. The first-order chi connectivity index (χ1) is 17.0. The largest absolute Gasteiger partial charge is 0.449 e. The van der Waals surface area contributed by atoms with E-state index in [1.54, 1.807) is 6.92 Å². The van der Waals surface area contributed by atoms with Crippen molar-refractivity contribution < 1.29 is 49.0 Å². The number of hydrogen-bond donors (Lipinski definition) is 1. The van der Waals surface area contributed by atoms with E-state index in [2.05, 4.69) is 0 Å². The average Bonchev–Trinajstić information content (AvgIpc) is 2.80. The molecule has 0 fully saturated rings. The molecular formula is C24H23F9N2O2. The molecule has 2 N–H and O–H groups in total. The maximum Gasteiger partial charge on any atom is 0.416 e. The monoisotopic (exact) mass is 542 g/mol. The van der Waals surface area contributed by atoms with E-state index >= 15 is 0 Å². The van der Waals surface area contributed by atoms with Gasteiger partial charge in [-0.05, 0) is 67.3 Å². The van der Waals surface area contributed by atoms with Gasteiger partial charge < -0.3 is 10.5 Å². The van der Waals surface area contributed by atoms with E-state index in [4.69, 9.17) is 10.5 Å². The first-order valence-corrected chi connectivity index (χ1v) is 11.2. The van der Waals surface area contributed by atoms with Gasteiger partial charge in [-0.1, -0.05) is 6.92 Å². The van der Waals surface area contributed by atoms with Crippen LogP contribution in [0, 0.1) is 0 Å². The first kappa shape index (κ1) is 28.6. The van der Waals surface area contributed by atoms with Crippen LogP contribution in [-0.2, 0) is 23.3 Å². The summed E-state index contributed by atoms with van der Waals surface area (Å²) >= 11 is 0. The van der Waals surface area contributed by atoms with Gasteiger partial charge in [-0.15, -0.1) is 0 Å². The van der Waals surface area contributed by atoms with Crippen molar-refractivity contribution in [1.82, 2.24) is 0 Å². The second-order valence-electron chi connectivity index (χ2n) is 8.61. The fourth-order valence-electron chi connectivity index (χ4n) is 4.50. The number of nitrogens with two attached hydrogens (primary N) is 1. The lowest BCUT2D eigenvalue weighted by Gasteiger charge is -2.42. The van der Waals surface area contributed by atoms with E-state index in [0.717, 1.165) is 23.1 Å². The minimum atomic E-state index is -5.13. The van der Waals surface area contributed by atoms with Crippen molar-refractivity contribution in [3.63, 3.8) is 0 Å². The number of fused-ring (bicyclic) bond motifs is 1. The van der Waals surface area contributed by atoms with Crippen molar-refractivity contribution >= 4 is 11.8 Å². The summed E-state index contributed by atoms with van der Waals surface area (Å²) in [4.78, 5) is 13.8. The number of alkyl halides is 9. The molecule has 0 bridgehead atoms. The zero-order chi connectivity index (χ0) is 27.9. The molecule has 13 heteroatoms. The molecular weight excluding hydrogens is 519 g/mol. The van der Waals surface area contributed by atoms with Gasteiger partial charge in [0.25, 0.3) is 0 Å². The number of anilines is 1. The van der Waals surface area contributed by atoms with Crippen LogP contribution in [0.5, 0.6) is 0 Å². The second kappa shape index (κ2) is 10.1. The number of carbonyl (C=O) groups excluding carboxylic acids is 1. The number of rotatable bonds is 4. The molecule has 4 nitrogen and oxygen atoms in total. The SMILES string of the molecule is CCOC(=O)N1c2ccc(C(F)(F)F)cc2[C@H]([C@H](N)c2cc(C(F)(F)F)cc(C(F)(F)F)c2)C[C@H]1CC. The average molecular weight is 542 g/mol. The van der Waals surface area contributed by atoms with Gasteiger partial charge in [0, 0.05) is 18.0 Å². The van der Waals surface area contributed by atoms with Gasteiger partial charge in [0.15, 0.2) is 0 Å². The molecule has 3 atom stereocenters. The second-order valence-corrected chi connectivity index (χ2v) is 8.61. The normalized spacial score (nSPS) is 19.4. The third kappa shape index (κ3) is 5.97. The number of nitrogens with zero attached hydrogens (tertiary/aromatic N) is 1. The Labute approximate surface area is 206 Å². The number of benzene rings is 2. The van der Waals surface area contributed by atoms with E-state index in [-0.39, 0.29) is 36.8 Å². The molecule has 0 unspecified atom stereocenters. The Hall–Kier alpha value is -2.96. The molecule has 37 heavy (non-hydrogen) atoms. The minimum absolute atomic E-state index is 0.00646. The van der Waals surface area contributed by atoms with Crippen molar-refractivity contribution in [2.24, 2.45) is 5.73 Å². The quantitative estimate of drug-likeness (QED) is 0.404. The van der Waals surface area contributed by atoms with Gasteiger partial charge in [0.2, 0.25) is 0 Å². The Kier molecular flexibility index (Phi) is 7.79. The highest BCUT2D eigenvalue weighted by Gasteiger charge is 2.43. The highest BCUT2D eigenvalue weighted by molar-refractivity contribution is 5.90. The Morgan fingerprint density at radius 2 is 1.46 bits per heavy atom. The summed E-state index contributed by atoms with van der Waals surface area (Å²) in [5, 5.41) is 0. The lowest BCUT2D eigenvalue weighted by atomic mass is 9.77. The topological polar surface area (TPSA) is 55.6 Å². The maximum atomic E-state index is 13.5. The van der Waals surface area contributed by atoms with Crippen LogP contribution in [0.1, 0.15) is 66.5 Å². The first-order valence-electron chi connectivity index (χ1n) is 11.2. The molecule has 0 aromatic heterocycles. The van der Waals surface area contributed by atoms with Crippen molar-refractivity contribution in [1.29, 1.82) is 0 Å². The highest BCUT2D eigenvalue weighted by Crippen LogP contribution is 2.48. The molecule has 0 aliphatic carbocycles. The van der Waals surface area contributed by atoms with Crippen LogP contribution >= 0.6 is 0 Å². The number of halogens is 9. The Balaban J connectivity index is 2.22. The van der Waals surface area contributed by atoms with Gasteiger partial charge >= 0.3 is 24.6 Å². The van der Waals surface area contributed by atoms with E-state index < -0.39 is 64.9 Å². The van der Waals surface area contributed by atoms with Gasteiger partial charge in [0.1, 0.15) is 0 Å². The summed E-state index contributed by atoms with van der Waals surface area (Å²) in [6.45, 7) is 3.16. The fraction of sp³-hybridized carbons (Fsp3) is 0.458. The lowest BCUT2D eigenvalue weighted by molar-refractivity contribution is -0.143. The molecule has 0 spiro atoms. The lowest BCUT2D eigenvalue weighted by Crippen LogP contribution is -2.46. The van der Waals surface area contributed by atoms with E-state index in [1.165, 1.54) is 6.92 Å². The minimum Gasteiger partial charge on any atom is -0.449 e. The van der Waals surface area contributed by atoms with Crippen LogP contribution in [0.2, 0.25) is 0 Å². The van der Waals surface area contributed by atoms with Crippen LogP contribution in [0.15, 0.2) is 36.4 Å². The summed E-state index contributed by atoms with van der Waals surface area (Å²) in [5.74, 6) is -1.14. The molecule has 0 radical (unpaired) electrons. The van der Waals surface area contributed by atoms with Gasteiger partial charge in [0.05, 0.1) is 29.0 Å². The van der Waals surface area contributed by atoms with Crippen molar-refractivity contribution in [3.05, 3.63) is 64.2 Å². The molecule has 3 rings (SSSR count). The Morgan fingerprint density at radius 1 is 0.919 bits per heavy atom. The summed E-state index contributed by atoms with van der Waals surface area (Å²) in [5.41, 5.74) is 1.24.